The molecule has 0 bridgehead atoms. The number of nitrogens with zero attached hydrogens (tertiary/aromatic N) is 3. The second kappa shape index (κ2) is 5.45. The zero-order valence-electron chi connectivity index (χ0n) is 10.2. The molecule has 0 unspecified atom stereocenters. The summed E-state index contributed by atoms with van der Waals surface area (Å²) in [5, 5.41) is 6.59. The van der Waals surface area contributed by atoms with Crippen molar-refractivity contribution in [3.63, 3.8) is 0 Å². The molecule has 0 amide bonds. The minimum Gasteiger partial charge on any atom is -0.346 e. The molecule has 2 aromatic heterocycles. The minimum atomic E-state index is -3.57. The summed E-state index contributed by atoms with van der Waals surface area (Å²) in [6.45, 7) is 0.0404. The first kappa shape index (κ1) is 14.3. The number of aromatic nitrogens is 3. The van der Waals surface area contributed by atoms with Crippen molar-refractivity contribution in [2.24, 2.45) is 0 Å². The lowest BCUT2D eigenvalue weighted by Gasteiger charge is -2.04. The molecule has 0 aromatic carbocycles. The van der Waals surface area contributed by atoms with Gasteiger partial charge in [-0.3, -0.25) is 5.10 Å². The van der Waals surface area contributed by atoms with E-state index >= 15 is 0 Å². The number of nitrogens with one attached hydrogen (secondary N) is 2. The van der Waals surface area contributed by atoms with Gasteiger partial charge in [0.1, 0.15) is 10.0 Å². The van der Waals surface area contributed by atoms with Crippen molar-refractivity contribution in [2.75, 3.05) is 19.0 Å². The predicted octanol–water partition coefficient (Wildman–Crippen LogP) is 1.06. The van der Waals surface area contributed by atoms with Crippen LogP contribution in [-0.4, -0.2) is 37.7 Å². The molecule has 0 radical (unpaired) electrons. The second-order valence-electron chi connectivity index (χ2n) is 3.86. The summed E-state index contributed by atoms with van der Waals surface area (Å²) in [5.41, 5.74) is 0. The number of hydrogen-bond acceptors (Lipinski definition) is 6. The monoisotopic (exact) mass is 321 g/mol. The summed E-state index contributed by atoms with van der Waals surface area (Å²) in [4.78, 5) is 5.84. The van der Waals surface area contributed by atoms with Crippen molar-refractivity contribution in [1.29, 1.82) is 0 Å². The Morgan fingerprint density at radius 1 is 1.47 bits per heavy atom. The molecule has 0 aliphatic carbocycles. The first-order valence-electron chi connectivity index (χ1n) is 5.22. The Hall–Kier alpha value is -1.16. The van der Waals surface area contributed by atoms with Gasteiger partial charge in [-0.2, -0.15) is 4.98 Å². The largest absolute Gasteiger partial charge is 0.346 e. The zero-order valence-corrected chi connectivity index (χ0v) is 12.6. The average Bonchev–Trinajstić information content (AvgIpc) is 2.95. The Morgan fingerprint density at radius 3 is 2.74 bits per heavy atom. The van der Waals surface area contributed by atoms with Gasteiger partial charge in [0.2, 0.25) is 5.95 Å². The molecule has 0 aliphatic heterocycles. The highest BCUT2D eigenvalue weighted by molar-refractivity contribution is 7.91. The molecule has 0 fully saturated rings. The minimum absolute atomic E-state index is 0.0404. The van der Waals surface area contributed by atoms with E-state index in [-0.39, 0.29) is 10.8 Å². The van der Waals surface area contributed by atoms with Gasteiger partial charge in [0.15, 0.2) is 0 Å². The van der Waals surface area contributed by atoms with Crippen LogP contribution in [0.3, 0.4) is 0 Å². The van der Waals surface area contributed by atoms with E-state index in [1.165, 1.54) is 6.07 Å². The van der Waals surface area contributed by atoms with Gasteiger partial charge in [0.05, 0.1) is 10.9 Å². The van der Waals surface area contributed by atoms with Crippen molar-refractivity contribution in [2.45, 2.75) is 10.8 Å². The van der Waals surface area contributed by atoms with Gasteiger partial charge in [-0.25, -0.2) is 13.1 Å². The molecule has 0 saturated carbocycles. The molecule has 2 aromatic rings. The number of hydrogen-bond donors (Lipinski definition) is 2. The summed E-state index contributed by atoms with van der Waals surface area (Å²) >= 11 is 6.71. The fourth-order valence-corrected chi connectivity index (χ4v) is 3.76. The standard InChI is InChI=1S/C9H12ClN5O2S2/c1-15(2)9-12-7(13-14-9)5-11-19(16,17)8-4-3-6(10)18-8/h3-4,11H,5H2,1-2H3,(H,12,13,14). The maximum absolute atomic E-state index is 11.9. The van der Waals surface area contributed by atoms with Crippen molar-refractivity contribution < 1.29 is 8.42 Å². The highest BCUT2D eigenvalue weighted by Gasteiger charge is 2.17. The van der Waals surface area contributed by atoms with E-state index in [1.807, 2.05) is 0 Å². The third-order valence-electron chi connectivity index (χ3n) is 2.16. The Bertz CT molecular complexity index is 664. The van der Waals surface area contributed by atoms with E-state index in [2.05, 4.69) is 19.9 Å². The van der Waals surface area contributed by atoms with Crippen LogP contribution < -0.4 is 9.62 Å². The second-order valence-corrected chi connectivity index (χ2v) is 7.57. The van der Waals surface area contributed by atoms with Crippen molar-refractivity contribution in [3.8, 4) is 0 Å². The molecule has 2 heterocycles. The molecule has 0 saturated heterocycles. The Morgan fingerprint density at radius 2 is 2.21 bits per heavy atom. The number of anilines is 1. The topological polar surface area (TPSA) is 91.0 Å². The molecule has 0 spiro atoms. The van der Waals surface area contributed by atoms with E-state index < -0.39 is 10.0 Å². The lowest BCUT2D eigenvalue weighted by molar-refractivity contribution is 0.581. The van der Waals surface area contributed by atoms with Gasteiger partial charge in [0, 0.05) is 14.1 Å². The first-order valence-corrected chi connectivity index (χ1v) is 7.90. The van der Waals surface area contributed by atoms with Crippen LogP contribution in [0.25, 0.3) is 0 Å². The summed E-state index contributed by atoms with van der Waals surface area (Å²) in [6.07, 6.45) is 0. The number of rotatable bonds is 5. The van der Waals surface area contributed by atoms with Gasteiger partial charge in [-0.05, 0) is 12.1 Å². The maximum atomic E-state index is 11.9. The number of H-pyrrole nitrogens is 1. The SMILES string of the molecule is CN(C)c1n[nH]c(CNS(=O)(=O)c2ccc(Cl)s2)n1. The molecular formula is C9H12ClN5O2S2. The summed E-state index contributed by atoms with van der Waals surface area (Å²) in [7, 11) is 0.0269. The molecule has 2 N–H and O–H groups in total. The third-order valence-corrected chi connectivity index (χ3v) is 5.29. The molecule has 2 rings (SSSR count). The van der Waals surface area contributed by atoms with E-state index in [4.69, 9.17) is 11.6 Å². The van der Waals surface area contributed by atoms with Gasteiger partial charge in [0.25, 0.3) is 10.0 Å². The van der Waals surface area contributed by atoms with Crippen LogP contribution in [0.4, 0.5) is 5.95 Å². The van der Waals surface area contributed by atoms with E-state index in [1.54, 1.807) is 25.1 Å². The first-order chi connectivity index (χ1) is 8.88. The fraction of sp³-hybridized carbons (Fsp3) is 0.333. The predicted molar refractivity (Wildman–Crippen MR) is 74.1 cm³/mol. The normalized spacial score (nSPS) is 11.7. The number of halogens is 1. The fourth-order valence-electron chi connectivity index (χ4n) is 1.24. The van der Waals surface area contributed by atoms with Gasteiger partial charge in [-0.15, -0.1) is 16.4 Å². The quantitative estimate of drug-likeness (QED) is 0.859. The molecule has 0 atom stereocenters. The molecule has 10 heteroatoms. The lowest BCUT2D eigenvalue weighted by Crippen LogP contribution is -2.23. The highest BCUT2D eigenvalue weighted by Crippen LogP contribution is 2.25. The van der Waals surface area contributed by atoms with Crippen LogP contribution in [0.2, 0.25) is 4.34 Å². The smallest absolute Gasteiger partial charge is 0.250 e. The van der Waals surface area contributed by atoms with E-state index in [0.717, 1.165) is 11.3 Å². The van der Waals surface area contributed by atoms with Crippen LogP contribution in [-0.2, 0) is 16.6 Å². The third kappa shape index (κ3) is 3.44. The molecule has 104 valence electrons. The van der Waals surface area contributed by atoms with Crippen LogP contribution >= 0.6 is 22.9 Å². The number of aromatic amines is 1. The van der Waals surface area contributed by atoms with Crippen LogP contribution in [0.5, 0.6) is 0 Å². The van der Waals surface area contributed by atoms with Crippen molar-refractivity contribution >= 4 is 38.9 Å². The summed E-state index contributed by atoms with van der Waals surface area (Å²) in [5.74, 6) is 0.934. The van der Waals surface area contributed by atoms with Crippen LogP contribution in [0.1, 0.15) is 5.82 Å². The van der Waals surface area contributed by atoms with E-state index in [9.17, 15) is 8.42 Å². The molecule has 0 aliphatic rings. The van der Waals surface area contributed by atoms with Crippen LogP contribution in [0.15, 0.2) is 16.3 Å². The van der Waals surface area contributed by atoms with Gasteiger partial charge in [-0.1, -0.05) is 11.6 Å². The Kier molecular flexibility index (Phi) is 4.09. The summed E-state index contributed by atoms with van der Waals surface area (Å²) < 4.78 is 26.9. The average molecular weight is 322 g/mol. The van der Waals surface area contributed by atoms with Gasteiger partial charge < -0.3 is 4.90 Å². The molecule has 19 heavy (non-hydrogen) atoms. The van der Waals surface area contributed by atoms with Crippen molar-refractivity contribution in [1.82, 2.24) is 19.9 Å². The zero-order chi connectivity index (χ0) is 14.0. The number of thiophene rings is 1. The summed E-state index contributed by atoms with van der Waals surface area (Å²) in [6, 6.07) is 3.00. The maximum Gasteiger partial charge on any atom is 0.250 e. The Labute approximate surface area is 119 Å². The molecule has 7 nitrogen and oxygen atoms in total. The van der Waals surface area contributed by atoms with Gasteiger partial charge >= 0.3 is 0 Å². The van der Waals surface area contributed by atoms with Crippen molar-refractivity contribution in [3.05, 3.63) is 22.3 Å². The molecular weight excluding hydrogens is 310 g/mol. The lowest BCUT2D eigenvalue weighted by atomic mass is 10.6. The number of sulfonamides is 1. The van der Waals surface area contributed by atoms with Crippen LogP contribution in [0, 0.1) is 0 Å². The van der Waals surface area contributed by atoms with E-state index in [0.29, 0.717) is 16.1 Å². The highest BCUT2D eigenvalue weighted by atomic mass is 35.5. The Balaban J connectivity index is 2.05.